The van der Waals surface area contributed by atoms with Crippen LogP contribution < -0.4 is 10.6 Å². The van der Waals surface area contributed by atoms with Crippen LogP contribution in [0.2, 0.25) is 5.02 Å². The number of carbonyl (C=O) groups is 2. The van der Waals surface area contributed by atoms with Crippen LogP contribution in [0.5, 0.6) is 0 Å². The van der Waals surface area contributed by atoms with E-state index >= 15 is 0 Å². The summed E-state index contributed by atoms with van der Waals surface area (Å²) in [7, 11) is 0. The summed E-state index contributed by atoms with van der Waals surface area (Å²) >= 11 is 5.94. The van der Waals surface area contributed by atoms with E-state index in [2.05, 4.69) is 10.6 Å². The van der Waals surface area contributed by atoms with Crippen molar-refractivity contribution in [2.75, 3.05) is 11.9 Å². The number of nitrogens with one attached hydrogen (secondary N) is 2. The minimum absolute atomic E-state index is 0.107. The molecule has 7 heteroatoms. The molecule has 1 amide bonds. The highest BCUT2D eigenvalue weighted by Gasteiger charge is 2.11. The number of rotatable bonds is 6. The van der Waals surface area contributed by atoms with E-state index in [9.17, 15) is 9.59 Å². The van der Waals surface area contributed by atoms with Gasteiger partial charge in [0.25, 0.3) is 5.91 Å². The molecule has 0 aliphatic rings. The number of hydrogen-bond acceptors (Lipinski definition) is 4. The van der Waals surface area contributed by atoms with Crippen molar-refractivity contribution in [3.8, 4) is 6.07 Å². The quantitative estimate of drug-likeness (QED) is 0.424. The van der Waals surface area contributed by atoms with E-state index < -0.39 is 11.9 Å². The van der Waals surface area contributed by atoms with Gasteiger partial charge in [0.15, 0.2) is 0 Å². The first kappa shape index (κ1) is 16.5. The molecule has 0 heterocycles. The Kier molecular flexibility index (Phi) is 6.24. The third-order valence-electron chi connectivity index (χ3n) is 2.61. The van der Waals surface area contributed by atoms with Crippen molar-refractivity contribution < 1.29 is 14.7 Å². The van der Waals surface area contributed by atoms with Gasteiger partial charge in [-0.3, -0.25) is 9.59 Å². The topological polar surface area (TPSA) is 102 Å². The Morgan fingerprint density at radius 3 is 2.81 bits per heavy atom. The maximum Gasteiger partial charge on any atom is 0.305 e. The molecule has 1 rings (SSSR count). The van der Waals surface area contributed by atoms with Crippen molar-refractivity contribution in [2.24, 2.45) is 0 Å². The number of carbonyl (C=O) groups excluding carboxylic acids is 1. The fraction of sp³-hybridized carbons (Fsp3) is 0.214. The zero-order valence-electron chi connectivity index (χ0n) is 11.3. The van der Waals surface area contributed by atoms with Gasteiger partial charge in [0.05, 0.1) is 6.42 Å². The first-order chi connectivity index (χ1) is 9.95. The molecule has 0 fully saturated rings. The molecule has 0 atom stereocenters. The van der Waals surface area contributed by atoms with Crippen molar-refractivity contribution in [1.29, 1.82) is 5.26 Å². The van der Waals surface area contributed by atoms with Gasteiger partial charge in [-0.1, -0.05) is 17.7 Å². The first-order valence-corrected chi connectivity index (χ1v) is 6.45. The maximum atomic E-state index is 11.9. The number of nitriles is 1. The Morgan fingerprint density at radius 2 is 2.19 bits per heavy atom. The summed E-state index contributed by atoms with van der Waals surface area (Å²) in [5, 5.41) is 23.1. The second-order valence-electron chi connectivity index (χ2n) is 4.13. The smallest absolute Gasteiger partial charge is 0.305 e. The molecular weight excluding hydrogens is 294 g/mol. The summed E-state index contributed by atoms with van der Waals surface area (Å²) in [5.41, 5.74) is 1.06. The Hall–Kier alpha value is -2.52. The number of carboxylic acids is 1. The minimum Gasteiger partial charge on any atom is -0.481 e. The zero-order valence-corrected chi connectivity index (χ0v) is 12.1. The van der Waals surface area contributed by atoms with E-state index in [1.165, 1.54) is 6.20 Å². The standard InChI is InChI=1S/C14H14ClN3O3/c1-9-11(15)3-2-4-12(9)18-14(21)10(7-16)8-17-6-5-13(19)20/h2-4,8,17H,5-6H2,1H3,(H,18,21)(H,19,20)/b10-8-. The zero-order chi connectivity index (χ0) is 15.8. The monoisotopic (exact) mass is 307 g/mol. The van der Waals surface area contributed by atoms with E-state index in [4.69, 9.17) is 22.0 Å². The largest absolute Gasteiger partial charge is 0.481 e. The molecule has 110 valence electrons. The number of hydrogen-bond donors (Lipinski definition) is 3. The third kappa shape index (κ3) is 5.16. The lowest BCUT2D eigenvalue weighted by Crippen LogP contribution is -2.18. The van der Waals surface area contributed by atoms with Gasteiger partial charge in [-0.15, -0.1) is 0 Å². The van der Waals surface area contributed by atoms with Gasteiger partial charge in [-0.2, -0.15) is 5.26 Å². The van der Waals surface area contributed by atoms with Crippen LogP contribution in [0.15, 0.2) is 30.0 Å². The van der Waals surface area contributed by atoms with Crippen LogP contribution in [0.3, 0.4) is 0 Å². The molecule has 0 aromatic heterocycles. The fourth-order valence-electron chi connectivity index (χ4n) is 1.43. The van der Waals surface area contributed by atoms with Gasteiger partial charge in [0.2, 0.25) is 0 Å². The minimum atomic E-state index is -0.964. The predicted molar refractivity (Wildman–Crippen MR) is 78.8 cm³/mol. The Labute approximate surface area is 127 Å². The van der Waals surface area contributed by atoms with E-state index in [-0.39, 0.29) is 18.5 Å². The highest BCUT2D eigenvalue weighted by Crippen LogP contribution is 2.23. The molecule has 0 aliphatic carbocycles. The maximum absolute atomic E-state index is 11.9. The normalized spacial score (nSPS) is 10.6. The van der Waals surface area contributed by atoms with Crippen molar-refractivity contribution in [3.63, 3.8) is 0 Å². The van der Waals surface area contributed by atoms with Gasteiger partial charge in [0.1, 0.15) is 11.6 Å². The van der Waals surface area contributed by atoms with Crippen LogP contribution in [0.4, 0.5) is 5.69 Å². The Balaban J connectivity index is 2.71. The van der Waals surface area contributed by atoms with Crippen LogP contribution in [0.1, 0.15) is 12.0 Å². The molecule has 0 unspecified atom stereocenters. The molecule has 0 radical (unpaired) electrons. The molecule has 21 heavy (non-hydrogen) atoms. The third-order valence-corrected chi connectivity index (χ3v) is 3.02. The lowest BCUT2D eigenvalue weighted by molar-refractivity contribution is -0.136. The average molecular weight is 308 g/mol. The van der Waals surface area contributed by atoms with E-state index in [1.54, 1.807) is 31.2 Å². The number of benzene rings is 1. The lowest BCUT2D eigenvalue weighted by Gasteiger charge is -2.09. The average Bonchev–Trinajstić information content (AvgIpc) is 2.43. The summed E-state index contributed by atoms with van der Waals surface area (Å²) in [6.45, 7) is 1.88. The SMILES string of the molecule is Cc1c(Cl)cccc1NC(=O)/C(C#N)=C\NCCC(=O)O. The number of nitrogens with zero attached hydrogens (tertiary/aromatic N) is 1. The van der Waals surface area contributed by atoms with Crippen molar-refractivity contribution >= 4 is 29.2 Å². The van der Waals surface area contributed by atoms with Crippen LogP contribution in [-0.2, 0) is 9.59 Å². The summed E-state index contributed by atoms with van der Waals surface area (Å²) in [4.78, 5) is 22.3. The summed E-state index contributed by atoms with van der Waals surface area (Å²) in [6.07, 6.45) is 1.09. The highest BCUT2D eigenvalue weighted by atomic mass is 35.5. The van der Waals surface area contributed by atoms with Crippen LogP contribution in [0, 0.1) is 18.3 Å². The molecule has 1 aromatic rings. The summed E-state index contributed by atoms with van der Waals surface area (Å²) in [5.74, 6) is -1.56. The number of halogens is 1. The number of anilines is 1. The molecule has 1 aromatic carbocycles. The van der Waals surface area contributed by atoms with Crippen LogP contribution in [0.25, 0.3) is 0 Å². The molecule has 0 saturated heterocycles. The second kappa shape index (κ2) is 7.92. The molecular formula is C14H14ClN3O3. The van der Waals surface area contributed by atoms with Crippen LogP contribution >= 0.6 is 11.6 Å². The Morgan fingerprint density at radius 1 is 1.48 bits per heavy atom. The number of aliphatic carboxylic acids is 1. The van der Waals surface area contributed by atoms with E-state index in [0.29, 0.717) is 16.3 Å². The predicted octanol–water partition coefficient (Wildman–Crippen LogP) is 2.06. The summed E-state index contributed by atoms with van der Waals surface area (Å²) < 4.78 is 0. The van der Waals surface area contributed by atoms with Gasteiger partial charge in [-0.25, -0.2) is 0 Å². The van der Waals surface area contributed by atoms with Crippen molar-refractivity contribution in [2.45, 2.75) is 13.3 Å². The molecule has 0 aliphatic heterocycles. The molecule has 0 spiro atoms. The lowest BCUT2D eigenvalue weighted by atomic mass is 10.2. The summed E-state index contributed by atoms with van der Waals surface area (Å²) in [6, 6.07) is 6.80. The van der Waals surface area contributed by atoms with Gasteiger partial charge < -0.3 is 15.7 Å². The molecule has 0 bridgehead atoms. The highest BCUT2D eigenvalue weighted by molar-refractivity contribution is 6.31. The van der Waals surface area contributed by atoms with Gasteiger partial charge in [-0.05, 0) is 24.6 Å². The van der Waals surface area contributed by atoms with Gasteiger partial charge >= 0.3 is 5.97 Å². The second-order valence-corrected chi connectivity index (χ2v) is 4.54. The van der Waals surface area contributed by atoms with Crippen molar-refractivity contribution in [3.05, 3.63) is 40.6 Å². The van der Waals surface area contributed by atoms with E-state index in [0.717, 1.165) is 0 Å². The number of carboxylic acid groups (broad SMARTS) is 1. The molecule has 6 nitrogen and oxygen atoms in total. The Bertz CT molecular complexity index is 620. The molecule has 3 N–H and O–H groups in total. The van der Waals surface area contributed by atoms with Crippen molar-refractivity contribution in [1.82, 2.24) is 5.32 Å². The van der Waals surface area contributed by atoms with E-state index in [1.807, 2.05) is 0 Å². The first-order valence-electron chi connectivity index (χ1n) is 6.07. The van der Waals surface area contributed by atoms with Crippen LogP contribution in [-0.4, -0.2) is 23.5 Å². The molecule has 0 saturated carbocycles. The number of amides is 1. The van der Waals surface area contributed by atoms with Gasteiger partial charge in [0, 0.05) is 23.5 Å². The fourth-order valence-corrected chi connectivity index (χ4v) is 1.61.